The Kier molecular flexibility index (Phi) is 5.39. The van der Waals surface area contributed by atoms with Crippen LogP contribution in [0.2, 0.25) is 0 Å². The van der Waals surface area contributed by atoms with E-state index in [0.29, 0.717) is 0 Å². The van der Waals surface area contributed by atoms with Gasteiger partial charge in [-0.3, -0.25) is 0 Å². The van der Waals surface area contributed by atoms with Gasteiger partial charge in [0.1, 0.15) is 5.75 Å². The fourth-order valence-electron chi connectivity index (χ4n) is 2.17. The Morgan fingerprint density at radius 1 is 1.44 bits per heavy atom. The molecule has 0 bridgehead atoms. The number of benzene rings is 1. The highest BCUT2D eigenvalue weighted by atomic mass is 32.2. The summed E-state index contributed by atoms with van der Waals surface area (Å²) in [6.07, 6.45) is 1.61. The van der Waals surface area contributed by atoms with E-state index in [1.165, 1.54) is 23.5 Å². The van der Waals surface area contributed by atoms with E-state index in [1.54, 1.807) is 0 Å². The molecule has 1 unspecified atom stereocenters. The van der Waals surface area contributed by atoms with Crippen LogP contribution in [0, 0.1) is 5.92 Å². The average molecular weight is 265 g/mol. The third-order valence-corrected chi connectivity index (χ3v) is 4.29. The molecule has 0 radical (unpaired) electrons. The molecular weight excluding hydrogens is 242 g/mol. The Hall–Kier alpha value is -0.670. The summed E-state index contributed by atoms with van der Waals surface area (Å²) in [7, 11) is 0. The van der Waals surface area contributed by atoms with Crippen molar-refractivity contribution in [3.05, 3.63) is 29.8 Å². The number of nitrogens with one attached hydrogen (secondary N) is 1. The summed E-state index contributed by atoms with van der Waals surface area (Å²) in [6, 6.07) is 8.39. The van der Waals surface area contributed by atoms with E-state index in [4.69, 9.17) is 4.74 Å². The van der Waals surface area contributed by atoms with Crippen molar-refractivity contribution >= 4 is 11.8 Å². The summed E-state index contributed by atoms with van der Waals surface area (Å²) in [4.78, 5) is 0. The summed E-state index contributed by atoms with van der Waals surface area (Å²) in [5.74, 6) is 4.50. The maximum absolute atomic E-state index is 5.70. The lowest BCUT2D eigenvalue weighted by Crippen LogP contribution is -2.22. The second kappa shape index (κ2) is 7.05. The topological polar surface area (TPSA) is 21.3 Å². The molecule has 0 aromatic heterocycles. The first kappa shape index (κ1) is 13.8. The van der Waals surface area contributed by atoms with Crippen LogP contribution in [0.5, 0.6) is 5.75 Å². The Morgan fingerprint density at radius 2 is 2.33 bits per heavy atom. The second-order valence-electron chi connectivity index (χ2n) is 5.17. The van der Waals surface area contributed by atoms with Crippen molar-refractivity contribution in [3.8, 4) is 5.75 Å². The highest BCUT2D eigenvalue weighted by molar-refractivity contribution is 7.99. The van der Waals surface area contributed by atoms with Crippen molar-refractivity contribution in [2.75, 3.05) is 18.1 Å². The van der Waals surface area contributed by atoms with Gasteiger partial charge in [0, 0.05) is 6.54 Å². The number of hydrogen-bond donors (Lipinski definition) is 1. The van der Waals surface area contributed by atoms with E-state index in [-0.39, 0.29) is 6.10 Å². The van der Waals surface area contributed by atoms with E-state index in [2.05, 4.69) is 49.1 Å². The summed E-state index contributed by atoms with van der Waals surface area (Å²) < 4.78 is 5.70. The lowest BCUT2D eigenvalue weighted by atomic mass is 10.1. The molecule has 1 aromatic rings. The molecule has 1 aliphatic heterocycles. The summed E-state index contributed by atoms with van der Waals surface area (Å²) in [5, 5.41) is 3.56. The molecule has 1 saturated heterocycles. The molecule has 2 nitrogen and oxygen atoms in total. The third kappa shape index (κ3) is 4.54. The minimum atomic E-state index is 0.240. The quantitative estimate of drug-likeness (QED) is 0.852. The van der Waals surface area contributed by atoms with E-state index in [0.717, 1.165) is 24.8 Å². The fraction of sp³-hybridized carbons (Fsp3) is 0.600. The van der Waals surface area contributed by atoms with Crippen LogP contribution in [0.3, 0.4) is 0 Å². The van der Waals surface area contributed by atoms with Crippen LogP contribution < -0.4 is 10.1 Å². The lowest BCUT2D eigenvalue weighted by molar-refractivity contribution is 0.242. The highest BCUT2D eigenvalue weighted by Crippen LogP contribution is 2.22. The fourth-order valence-corrected chi connectivity index (χ4v) is 3.45. The number of rotatable bonds is 6. The number of hydrogen-bond acceptors (Lipinski definition) is 3. The predicted molar refractivity (Wildman–Crippen MR) is 79.3 cm³/mol. The highest BCUT2D eigenvalue weighted by Gasteiger charge is 2.14. The average Bonchev–Trinajstić information content (AvgIpc) is 2.82. The molecule has 1 fully saturated rings. The smallest absolute Gasteiger partial charge is 0.120 e. The SMILES string of the molecule is CC(C)Oc1cccc(CNCC2CCSC2)c1. The number of ether oxygens (including phenoxy) is 1. The molecule has 1 heterocycles. The van der Waals surface area contributed by atoms with Gasteiger partial charge in [-0.25, -0.2) is 0 Å². The molecule has 1 aromatic carbocycles. The molecule has 3 heteroatoms. The van der Waals surface area contributed by atoms with Crippen molar-refractivity contribution in [2.45, 2.75) is 32.9 Å². The van der Waals surface area contributed by atoms with Gasteiger partial charge in [0.05, 0.1) is 6.10 Å². The normalized spacial score (nSPS) is 19.4. The van der Waals surface area contributed by atoms with Crippen LogP contribution in [-0.2, 0) is 6.54 Å². The van der Waals surface area contributed by atoms with E-state index in [1.807, 2.05) is 6.07 Å². The zero-order valence-electron chi connectivity index (χ0n) is 11.3. The van der Waals surface area contributed by atoms with Gasteiger partial charge >= 0.3 is 0 Å². The first-order valence-electron chi connectivity index (χ1n) is 6.78. The van der Waals surface area contributed by atoms with Gasteiger partial charge in [0.15, 0.2) is 0 Å². The second-order valence-corrected chi connectivity index (χ2v) is 6.32. The van der Waals surface area contributed by atoms with Gasteiger partial charge in [0.25, 0.3) is 0 Å². The molecule has 0 saturated carbocycles. The molecule has 0 aliphatic carbocycles. The molecule has 1 atom stereocenters. The van der Waals surface area contributed by atoms with Gasteiger partial charge in [-0.1, -0.05) is 12.1 Å². The molecule has 18 heavy (non-hydrogen) atoms. The van der Waals surface area contributed by atoms with Crippen LogP contribution >= 0.6 is 11.8 Å². The maximum atomic E-state index is 5.70. The third-order valence-electron chi connectivity index (χ3n) is 3.06. The standard InChI is InChI=1S/C15H23NOS/c1-12(2)17-15-5-3-4-13(8-15)9-16-10-14-6-7-18-11-14/h3-5,8,12,14,16H,6-7,9-11H2,1-2H3. The van der Waals surface area contributed by atoms with Crippen LogP contribution in [0.15, 0.2) is 24.3 Å². The van der Waals surface area contributed by atoms with Gasteiger partial charge in [-0.05, 0) is 61.9 Å². The monoisotopic (exact) mass is 265 g/mol. The first-order valence-corrected chi connectivity index (χ1v) is 7.93. The first-order chi connectivity index (χ1) is 8.74. The summed E-state index contributed by atoms with van der Waals surface area (Å²) in [6.45, 7) is 6.20. The number of thioether (sulfide) groups is 1. The largest absolute Gasteiger partial charge is 0.491 e. The molecule has 0 spiro atoms. The minimum absolute atomic E-state index is 0.240. The van der Waals surface area contributed by atoms with Crippen molar-refractivity contribution < 1.29 is 4.74 Å². The molecular formula is C15H23NOS. The Labute approximate surface area is 114 Å². The van der Waals surface area contributed by atoms with Gasteiger partial charge in [-0.2, -0.15) is 11.8 Å². The lowest BCUT2D eigenvalue weighted by Gasteiger charge is -2.12. The van der Waals surface area contributed by atoms with E-state index >= 15 is 0 Å². The maximum Gasteiger partial charge on any atom is 0.120 e. The van der Waals surface area contributed by atoms with Gasteiger partial charge in [-0.15, -0.1) is 0 Å². The molecule has 0 amide bonds. The van der Waals surface area contributed by atoms with Crippen molar-refractivity contribution in [1.29, 1.82) is 0 Å². The molecule has 2 rings (SSSR count). The summed E-state index contributed by atoms with van der Waals surface area (Å²) >= 11 is 2.08. The predicted octanol–water partition coefficient (Wildman–Crippen LogP) is 3.32. The Bertz CT molecular complexity index is 361. The van der Waals surface area contributed by atoms with Crippen LogP contribution in [0.4, 0.5) is 0 Å². The van der Waals surface area contributed by atoms with E-state index < -0.39 is 0 Å². The zero-order valence-corrected chi connectivity index (χ0v) is 12.1. The molecule has 1 N–H and O–H groups in total. The van der Waals surface area contributed by atoms with Crippen molar-refractivity contribution in [3.63, 3.8) is 0 Å². The molecule has 100 valence electrons. The van der Waals surface area contributed by atoms with Gasteiger partial charge < -0.3 is 10.1 Å². The zero-order chi connectivity index (χ0) is 12.8. The Morgan fingerprint density at radius 3 is 3.06 bits per heavy atom. The van der Waals surface area contributed by atoms with Crippen LogP contribution in [0.25, 0.3) is 0 Å². The minimum Gasteiger partial charge on any atom is -0.491 e. The van der Waals surface area contributed by atoms with Crippen molar-refractivity contribution in [2.24, 2.45) is 5.92 Å². The van der Waals surface area contributed by atoms with Gasteiger partial charge in [0.2, 0.25) is 0 Å². The molecule has 1 aliphatic rings. The summed E-state index contributed by atoms with van der Waals surface area (Å²) in [5.41, 5.74) is 1.30. The Balaban J connectivity index is 1.77. The van der Waals surface area contributed by atoms with Crippen LogP contribution in [0.1, 0.15) is 25.8 Å². The van der Waals surface area contributed by atoms with E-state index in [9.17, 15) is 0 Å². The van der Waals surface area contributed by atoms with Crippen molar-refractivity contribution in [1.82, 2.24) is 5.32 Å². The van der Waals surface area contributed by atoms with Crippen LogP contribution in [-0.4, -0.2) is 24.2 Å².